The van der Waals surface area contributed by atoms with E-state index in [1.807, 2.05) is 11.4 Å². The number of alkyl halides is 3. The van der Waals surface area contributed by atoms with Crippen LogP contribution in [0.5, 0.6) is 0 Å². The van der Waals surface area contributed by atoms with Crippen LogP contribution < -0.4 is 10.6 Å². The molecule has 8 heteroatoms. The quantitative estimate of drug-likeness (QED) is 0.390. The molecule has 0 radical (unpaired) electrons. The number of halogens is 4. The molecule has 1 heterocycles. The summed E-state index contributed by atoms with van der Waals surface area (Å²) in [5.41, 5.74) is 1.40. The van der Waals surface area contributed by atoms with Crippen LogP contribution in [0.4, 0.5) is 13.2 Å². The van der Waals surface area contributed by atoms with Gasteiger partial charge in [-0.1, -0.05) is 12.1 Å². The van der Waals surface area contributed by atoms with Crippen molar-refractivity contribution in [2.75, 3.05) is 13.6 Å². The minimum absolute atomic E-state index is 0. The lowest BCUT2D eigenvalue weighted by Gasteiger charge is -2.12. The Kier molecular flexibility index (Phi) is 8.54. The van der Waals surface area contributed by atoms with E-state index in [-0.39, 0.29) is 24.0 Å². The molecule has 3 nitrogen and oxygen atoms in total. The maximum absolute atomic E-state index is 12.5. The number of nitrogens with zero attached hydrogens (tertiary/aromatic N) is 1. The highest BCUT2D eigenvalue weighted by Crippen LogP contribution is 2.29. The summed E-state index contributed by atoms with van der Waals surface area (Å²) in [4.78, 5) is 4.11. The summed E-state index contributed by atoms with van der Waals surface area (Å²) in [6.45, 7) is 1.28. The SMILES string of the molecule is CN=C(NCCc1ccc(C(F)(F)F)cc1)NCc1ccsc1.I. The molecule has 0 aliphatic heterocycles. The molecular formula is C16H19F3IN3S. The Morgan fingerprint density at radius 3 is 2.33 bits per heavy atom. The van der Waals surface area contributed by atoms with Gasteiger partial charge in [0.2, 0.25) is 0 Å². The molecule has 132 valence electrons. The first-order valence-corrected chi connectivity index (χ1v) is 8.05. The van der Waals surface area contributed by atoms with Crippen LogP contribution in [0, 0.1) is 0 Å². The van der Waals surface area contributed by atoms with E-state index in [0.29, 0.717) is 25.5 Å². The van der Waals surface area contributed by atoms with Gasteiger partial charge in [-0.3, -0.25) is 4.99 Å². The van der Waals surface area contributed by atoms with Crippen LogP contribution in [0.15, 0.2) is 46.1 Å². The summed E-state index contributed by atoms with van der Waals surface area (Å²) in [5.74, 6) is 0.670. The number of hydrogen-bond donors (Lipinski definition) is 2. The highest BCUT2D eigenvalue weighted by atomic mass is 127. The summed E-state index contributed by atoms with van der Waals surface area (Å²) in [5, 5.41) is 10.4. The van der Waals surface area contributed by atoms with Crippen molar-refractivity contribution >= 4 is 41.3 Å². The number of hydrogen-bond acceptors (Lipinski definition) is 2. The fourth-order valence-electron chi connectivity index (χ4n) is 1.99. The van der Waals surface area contributed by atoms with Crippen molar-refractivity contribution in [1.29, 1.82) is 0 Å². The molecule has 0 saturated carbocycles. The fraction of sp³-hybridized carbons (Fsp3) is 0.312. The topological polar surface area (TPSA) is 36.4 Å². The van der Waals surface area contributed by atoms with Crippen LogP contribution in [0.2, 0.25) is 0 Å². The number of nitrogens with one attached hydrogen (secondary N) is 2. The van der Waals surface area contributed by atoms with E-state index in [9.17, 15) is 13.2 Å². The number of rotatable bonds is 5. The molecule has 0 saturated heterocycles. The molecule has 0 aliphatic rings. The Morgan fingerprint density at radius 2 is 1.79 bits per heavy atom. The molecule has 0 bridgehead atoms. The van der Waals surface area contributed by atoms with Crippen LogP contribution in [-0.4, -0.2) is 19.6 Å². The summed E-state index contributed by atoms with van der Waals surface area (Å²) in [6.07, 6.45) is -3.66. The molecule has 0 aliphatic carbocycles. The molecule has 0 spiro atoms. The van der Waals surface area contributed by atoms with E-state index < -0.39 is 11.7 Å². The van der Waals surface area contributed by atoms with Gasteiger partial charge < -0.3 is 10.6 Å². The Morgan fingerprint density at radius 1 is 1.08 bits per heavy atom. The van der Waals surface area contributed by atoms with E-state index in [2.05, 4.69) is 21.0 Å². The highest BCUT2D eigenvalue weighted by molar-refractivity contribution is 14.0. The lowest BCUT2D eigenvalue weighted by Crippen LogP contribution is -2.37. The predicted molar refractivity (Wildman–Crippen MR) is 103 cm³/mol. The maximum atomic E-state index is 12.5. The zero-order valence-electron chi connectivity index (χ0n) is 13.1. The maximum Gasteiger partial charge on any atom is 0.416 e. The van der Waals surface area contributed by atoms with Crippen LogP contribution in [0.3, 0.4) is 0 Å². The summed E-state index contributed by atoms with van der Waals surface area (Å²) in [7, 11) is 1.68. The first-order valence-electron chi connectivity index (χ1n) is 7.11. The summed E-state index contributed by atoms with van der Waals surface area (Å²) >= 11 is 1.64. The molecule has 24 heavy (non-hydrogen) atoms. The van der Waals surface area contributed by atoms with Gasteiger partial charge in [0, 0.05) is 20.1 Å². The third-order valence-corrected chi connectivity index (χ3v) is 3.98. The van der Waals surface area contributed by atoms with Crippen LogP contribution in [0.1, 0.15) is 16.7 Å². The summed E-state index contributed by atoms with van der Waals surface area (Å²) < 4.78 is 37.5. The van der Waals surface area contributed by atoms with Crippen molar-refractivity contribution in [2.45, 2.75) is 19.1 Å². The second kappa shape index (κ2) is 9.87. The Bertz CT molecular complexity index is 625. The van der Waals surface area contributed by atoms with Crippen molar-refractivity contribution in [2.24, 2.45) is 4.99 Å². The van der Waals surface area contributed by atoms with E-state index in [1.54, 1.807) is 18.4 Å². The monoisotopic (exact) mass is 469 g/mol. The Labute approximate surface area is 160 Å². The van der Waals surface area contributed by atoms with Gasteiger partial charge in [-0.25, -0.2) is 0 Å². The van der Waals surface area contributed by atoms with Crippen LogP contribution in [-0.2, 0) is 19.1 Å². The standard InChI is InChI=1S/C16H18F3N3S.HI/c1-20-15(22-10-13-7-9-23-11-13)21-8-6-12-2-4-14(5-3-12)16(17,18)19;/h2-5,7,9,11H,6,8,10H2,1H3,(H2,20,21,22);1H. The van der Waals surface area contributed by atoms with Gasteiger partial charge in [-0.15, -0.1) is 24.0 Å². The number of thiophene rings is 1. The minimum atomic E-state index is -4.29. The smallest absolute Gasteiger partial charge is 0.356 e. The number of guanidine groups is 1. The molecule has 1 aromatic carbocycles. The largest absolute Gasteiger partial charge is 0.416 e. The van der Waals surface area contributed by atoms with E-state index in [4.69, 9.17) is 0 Å². The third kappa shape index (κ3) is 6.68. The van der Waals surface area contributed by atoms with Crippen molar-refractivity contribution in [3.63, 3.8) is 0 Å². The molecule has 2 aromatic rings. The molecule has 0 unspecified atom stereocenters. The lowest BCUT2D eigenvalue weighted by molar-refractivity contribution is -0.137. The second-order valence-electron chi connectivity index (χ2n) is 4.93. The van der Waals surface area contributed by atoms with E-state index in [0.717, 1.165) is 17.7 Å². The first kappa shape index (κ1) is 20.8. The predicted octanol–water partition coefficient (Wildman–Crippen LogP) is 4.29. The van der Waals surface area contributed by atoms with Crippen molar-refractivity contribution in [3.8, 4) is 0 Å². The first-order chi connectivity index (χ1) is 11.0. The lowest BCUT2D eigenvalue weighted by atomic mass is 10.1. The fourth-order valence-corrected chi connectivity index (χ4v) is 2.65. The van der Waals surface area contributed by atoms with Gasteiger partial charge in [0.25, 0.3) is 0 Å². The third-order valence-electron chi connectivity index (χ3n) is 3.25. The van der Waals surface area contributed by atoms with Crippen molar-refractivity contribution in [1.82, 2.24) is 10.6 Å². The van der Waals surface area contributed by atoms with Crippen molar-refractivity contribution in [3.05, 3.63) is 57.8 Å². The van der Waals surface area contributed by atoms with Gasteiger partial charge in [0.1, 0.15) is 0 Å². The molecule has 0 fully saturated rings. The van der Waals surface area contributed by atoms with E-state index in [1.165, 1.54) is 17.7 Å². The zero-order valence-corrected chi connectivity index (χ0v) is 16.2. The number of benzene rings is 1. The second-order valence-corrected chi connectivity index (χ2v) is 5.71. The number of aliphatic imine (C=N–C) groups is 1. The van der Waals surface area contributed by atoms with Gasteiger partial charge in [-0.2, -0.15) is 24.5 Å². The van der Waals surface area contributed by atoms with Crippen LogP contribution >= 0.6 is 35.3 Å². The molecule has 2 rings (SSSR count). The molecule has 1 aromatic heterocycles. The van der Waals surface area contributed by atoms with Gasteiger partial charge >= 0.3 is 6.18 Å². The normalized spacial score (nSPS) is 11.8. The average Bonchev–Trinajstić information content (AvgIpc) is 3.03. The van der Waals surface area contributed by atoms with Gasteiger partial charge in [0.05, 0.1) is 5.56 Å². The van der Waals surface area contributed by atoms with Gasteiger partial charge in [0.15, 0.2) is 5.96 Å². The van der Waals surface area contributed by atoms with Crippen molar-refractivity contribution < 1.29 is 13.2 Å². The van der Waals surface area contributed by atoms with Crippen LogP contribution in [0.25, 0.3) is 0 Å². The highest BCUT2D eigenvalue weighted by Gasteiger charge is 2.29. The van der Waals surface area contributed by atoms with E-state index >= 15 is 0 Å². The summed E-state index contributed by atoms with van der Waals surface area (Å²) in [6, 6.07) is 7.27. The zero-order chi connectivity index (χ0) is 16.7. The Hall–Kier alpha value is -1.29. The van der Waals surface area contributed by atoms with Gasteiger partial charge in [-0.05, 0) is 46.5 Å². The molecular weight excluding hydrogens is 450 g/mol. The minimum Gasteiger partial charge on any atom is -0.356 e. The Balaban J connectivity index is 0.00000288. The molecule has 2 N–H and O–H groups in total. The molecule has 0 atom stereocenters. The molecule has 0 amide bonds. The average molecular weight is 469 g/mol.